The van der Waals surface area contributed by atoms with Crippen LogP contribution in [0, 0.1) is 5.41 Å². The summed E-state index contributed by atoms with van der Waals surface area (Å²) in [5, 5.41) is 13.2. The Balaban J connectivity index is 2.04. The molecule has 1 aromatic carbocycles. The molecule has 8 nitrogen and oxygen atoms in total. The third kappa shape index (κ3) is 5.11. The number of nitrogens with zero attached hydrogens (tertiary/aromatic N) is 6. The van der Waals surface area contributed by atoms with Crippen LogP contribution >= 0.6 is 12.6 Å². The van der Waals surface area contributed by atoms with Crippen molar-refractivity contribution in [1.29, 1.82) is 5.41 Å². The Morgan fingerprint density at radius 1 is 1.30 bits per heavy atom. The molecule has 9 heteroatoms. The molecule has 0 bridgehead atoms. The van der Waals surface area contributed by atoms with Gasteiger partial charge in [-0.05, 0) is 6.08 Å². The molecule has 3 rings (SSSR count). The maximum atomic E-state index is 7.73. The highest BCUT2D eigenvalue weighted by atomic mass is 32.1. The number of anilines is 1. The van der Waals surface area contributed by atoms with Gasteiger partial charge in [0.1, 0.15) is 12.2 Å². The molecule has 0 amide bonds. The van der Waals surface area contributed by atoms with Crippen molar-refractivity contribution in [2.75, 3.05) is 44.8 Å². The Morgan fingerprint density at radius 3 is 2.77 bits per heavy atom. The topological polar surface area (TPSA) is 90.1 Å². The Morgan fingerprint density at radius 2 is 2.07 bits per heavy atom. The highest BCUT2D eigenvalue weighted by Crippen LogP contribution is 2.30. The summed E-state index contributed by atoms with van der Waals surface area (Å²) in [6, 6.07) is 7.61. The molecule has 30 heavy (non-hydrogen) atoms. The van der Waals surface area contributed by atoms with Crippen LogP contribution in [0.25, 0.3) is 17.5 Å². The SMILES string of the molecule is C=NN(/C=N\C)C/C=C/c1nc(-c2ccccc2C=N)nc(N2CCOCC2)c1S. The van der Waals surface area contributed by atoms with E-state index in [4.69, 9.17) is 32.7 Å². The lowest BCUT2D eigenvalue weighted by Crippen LogP contribution is -2.37. The highest BCUT2D eigenvalue weighted by molar-refractivity contribution is 7.80. The molecule has 2 heterocycles. The number of benzene rings is 1. The van der Waals surface area contributed by atoms with Crippen LogP contribution in [0.4, 0.5) is 5.82 Å². The minimum Gasteiger partial charge on any atom is -0.378 e. The number of rotatable bonds is 8. The van der Waals surface area contributed by atoms with Gasteiger partial charge in [-0.15, -0.1) is 12.6 Å². The van der Waals surface area contributed by atoms with E-state index in [1.807, 2.05) is 36.4 Å². The van der Waals surface area contributed by atoms with Gasteiger partial charge >= 0.3 is 0 Å². The van der Waals surface area contributed by atoms with Crippen LogP contribution in [-0.4, -0.2) is 74.1 Å². The zero-order valence-corrected chi connectivity index (χ0v) is 17.8. The second-order valence-corrected chi connectivity index (χ2v) is 6.92. The van der Waals surface area contributed by atoms with E-state index in [9.17, 15) is 0 Å². The summed E-state index contributed by atoms with van der Waals surface area (Å²) >= 11 is 4.74. The van der Waals surface area contributed by atoms with E-state index in [1.165, 1.54) is 6.21 Å². The summed E-state index contributed by atoms with van der Waals surface area (Å²) in [4.78, 5) is 16.4. The van der Waals surface area contributed by atoms with Gasteiger partial charge in [0, 0.05) is 44.2 Å². The zero-order valence-electron chi connectivity index (χ0n) is 16.9. The summed E-state index contributed by atoms with van der Waals surface area (Å²) in [5.41, 5.74) is 2.26. The Labute approximate surface area is 181 Å². The number of aliphatic imine (C=N–C) groups is 1. The maximum Gasteiger partial charge on any atom is 0.162 e. The average molecular weight is 424 g/mol. The molecule has 0 atom stereocenters. The van der Waals surface area contributed by atoms with Gasteiger partial charge < -0.3 is 15.0 Å². The van der Waals surface area contributed by atoms with Crippen molar-refractivity contribution in [3.8, 4) is 11.4 Å². The maximum absolute atomic E-state index is 7.73. The van der Waals surface area contributed by atoms with Gasteiger partial charge in [-0.3, -0.25) is 10.0 Å². The molecule has 156 valence electrons. The molecule has 1 fully saturated rings. The second kappa shape index (κ2) is 10.7. The van der Waals surface area contributed by atoms with E-state index in [2.05, 4.69) is 21.7 Å². The third-order valence-electron chi connectivity index (χ3n) is 4.56. The van der Waals surface area contributed by atoms with Crippen molar-refractivity contribution >= 4 is 43.8 Å². The standard InChI is InChI=1S/C21H25N7OS/c1-23-15-28(24-2)9-5-8-18-19(30)21(27-10-12-29-13-11-27)26-20(25-18)17-7-4-3-6-16(17)14-22/h3-8,14-15,22,30H,2,9-13H2,1H3/b8-5+,22-14?,23-15-. The molecule has 2 aromatic rings. The van der Waals surface area contributed by atoms with Crippen LogP contribution in [-0.2, 0) is 4.74 Å². The molecule has 1 saturated heterocycles. The van der Waals surface area contributed by atoms with Crippen molar-refractivity contribution in [1.82, 2.24) is 15.0 Å². The van der Waals surface area contributed by atoms with E-state index >= 15 is 0 Å². The molecule has 1 aliphatic rings. The number of ether oxygens (including phenoxy) is 1. The molecule has 0 aliphatic carbocycles. The van der Waals surface area contributed by atoms with Gasteiger partial charge in [0.05, 0.1) is 30.3 Å². The first kappa shape index (κ1) is 21.7. The predicted octanol–water partition coefficient (Wildman–Crippen LogP) is 2.86. The number of aromatic nitrogens is 2. The Hall–Kier alpha value is -3.04. The van der Waals surface area contributed by atoms with E-state index < -0.39 is 0 Å². The second-order valence-electron chi connectivity index (χ2n) is 6.48. The fraction of sp³-hybridized carbons (Fsp3) is 0.286. The summed E-state index contributed by atoms with van der Waals surface area (Å²) in [6.45, 7) is 6.80. The van der Waals surface area contributed by atoms with Crippen LogP contribution < -0.4 is 4.90 Å². The molecule has 0 unspecified atom stereocenters. The fourth-order valence-electron chi connectivity index (χ4n) is 3.07. The Kier molecular flexibility index (Phi) is 7.69. The van der Waals surface area contributed by atoms with E-state index in [1.54, 1.807) is 18.4 Å². The summed E-state index contributed by atoms with van der Waals surface area (Å²) in [5.74, 6) is 1.32. The molecule has 0 radical (unpaired) electrons. The van der Waals surface area contributed by atoms with E-state index in [0.29, 0.717) is 36.2 Å². The lowest BCUT2D eigenvalue weighted by molar-refractivity contribution is 0.122. The van der Waals surface area contributed by atoms with Crippen molar-refractivity contribution in [2.45, 2.75) is 4.90 Å². The van der Waals surface area contributed by atoms with Crippen molar-refractivity contribution < 1.29 is 4.74 Å². The smallest absolute Gasteiger partial charge is 0.162 e. The van der Waals surface area contributed by atoms with Crippen LogP contribution in [0.15, 0.2) is 45.3 Å². The van der Waals surface area contributed by atoms with Gasteiger partial charge in [0.15, 0.2) is 5.82 Å². The molecule has 1 aliphatic heterocycles. The molecule has 0 saturated carbocycles. The van der Waals surface area contributed by atoms with Gasteiger partial charge in [-0.25, -0.2) is 9.97 Å². The normalized spacial score (nSPS) is 14.4. The minimum absolute atomic E-state index is 0.497. The molecular formula is C21H25N7OS. The van der Waals surface area contributed by atoms with Gasteiger partial charge in [-0.2, -0.15) is 5.10 Å². The lowest BCUT2D eigenvalue weighted by Gasteiger charge is -2.29. The van der Waals surface area contributed by atoms with E-state index in [-0.39, 0.29) is 0 Å². The number of nitrogens with one attached hydrogen (secondary N) is 1. The van der Waals surface area contributed by atoms with Crippen LogP contribution in [0.3, 0.4) is 0 Å². The highest BCUT2D eigenvalue weighted by Gasteiger charge is 2.20. The fourth-order valence-corrected chi connectivity index (χ4v) is 3.38. The van der Waals surface area contributed by atoms with Crippen LogP contribution in [0.2, 0.25) is 0 Å². The summed E-state index contributed by atoms with van der Waals surface area (Å²) in [6.07, 6.45) is 6.73. The monoisotopic (exact) mass is 423 g/mol. The number of thiol groups is 1. The number of hydrogen-bond acceptors (Lipinski definition) is 8. The van der Waals surface area contributed by atoms with Crippen LogP contribution in [0.5, 0.6) is 0 Å². The van der Waals surface area contributed by atoms with Crippen molar-refractivity contribution in [2.24, 2.45) is 10.1 Å². The summed E-state index contributed by atoms with van der Waals surface area (Å²) in [7, 11) is 1.68. The number of hydrogen-bond donors (Lipinski definition) is 2. The predicted molar refractivity (Wildman–Crippen MR) is 125 cm³/mol. The van der Waals surface area contributed by atoms with Crippen molar-refractivity contribution in [3.63, 3.8) is 0 Å². The first-order chi connectivity index (χ1) is 14.7. The third-order valence-corrected chi connectivity index (χ3v) is 4.99. The van der Waals surface area contributed by atoms with E-state index in [0.717, 1.165) is 30.0 Å². The Bertz CT molecular complexity index is 954. The molecular weight excluding hydrogens is 398 g/mol. The van der Waals surface area contributed by atoms with Gasteiger partial charge in [0.25, 0.3) is 0 Å². The zero-order chi connectivity index (χ0) is 21.3. The molecule has 0 spiro atoms. The average Bonchev–Trinajstić information content (AvgIpc) is 2.80. The molecule has 1 N–H and O–H groups in total. The minimum atomic E-state index is 0.497. The van der Waals surface area contributed by atoms with Gasteiger partial charge in [-0.1, -0.05) is 30.3 Å². The summed E-state index contributed by atoms with van der Waals surface area (Å²) < 4.78 is 5.48. The largest absolute Gasteiger partial charge is 0.378 e. The molecule has 1 aromatic heterocycles. The first-order valence-electron chi connectivity index (χ1n) is 9.53. The number of hydrazone groups is 1. The number of morpholine rings is 1. The van der Waals surface area contributed by atoms with Crippen LogP contribution in [0.1, 0.15) is 11.3 Å². The first-order valence-corrected chi connectivity index (χ1v) is 9.98. The lowest BCUT2D eigenvalue weighted by atomic mass is 10.1. The quantitative estimate of drug-likeness (QED) is 0.295. The van der Waals surface area contributed by atoms with Crippen molar-refractivity contribution in [3.05, 3.63) is 41.6 Å². The van der Waals surface area contributed by atoms with Gasteiger partial charge in [0.2, 0.25) is 0 Å².